The van der Waals surface area contributed by atoms with E-state index in [1.165, 1.54) is 7.11 Å². The molecule has 0 unspecified atom stereocenters. The third-order valence-electron chi connectivity index (χ3n) is 5.66. The van der Waals surface area contributed by atoms with Crippen molar-refractivity contribution in [2.45, 2.75) is 25.3 Å². The van der Waals surface area contributed by atoms with Crippen LogP contribution in [0.15, 0.2) is 42.5 Å². The Balaban J connectivity index is 1.85. The molecule has 6 nitrogen and oxygen atoms in total. The van der Waals surface area contributed by atoms with Gasteiger partial charge in [-0.1, -0.05) is 35.9 Å². The van der Waals surface area contributed by atoms with Crippen LogP contribution in [0.5, 0.6) is 0 Å². The average molecular weight is 399 g/mol. The molecule has 2 aromatic carbocycles. The first-order chi connectivity index (χ1) is 13.4. The van der Waals surface area contributed by atoms with E-state index >= 15 is 0 Å². The summed E-state index contributed by atoms with van der Waals surface area (Å²) < 4.78 is 4.98. The molecule has 144 valence electrons. The van der Waals surface area contributed by atoms with E-state index < -0.39 is 4.92 Å². The number of nitro groups is 1. The Bertz CT molecular complexity index is 1020. The first-order valence-corrected chi connectivity index (χ1v) is 9.39. The Hall–Kier alpha value is -2.86. The van der Waals surface area contributed by atoms with Crippen LogP contribution in [-0.2, 0) is 4.74 Å². The molecular formula is C21H19ClN2O4. The van der Waals surface area contributed by atoms with Crippen molar-refractivity contribution in [3.05, 3.63) is 79.9 Å². The zero-order valence-electron chi connectivity index (χ0n) is 15.4. The van der Waals surface area contributed by atoms with Crippen molar-refractivity contribution < 1.29 is 14.5 Å². The van der Waals surface area contributed by atoms with Crippen LogP contribution in [-0.4, -0.2) is 18.0 Å². The fraction of sp³-hybridized carbons (Fsp3) is 0.286. The van der Waals surface area contributed by atoms with Crippen LogP contribution in [0.25, 0.3) is 0 Å². The van der Waals surface area contributed by atoms with E-state index in [2.05, 4.69) is 17.5 Å². The second-order valence-electron chi connectivity index (χ2n) is 7.15. The third-order valence-corrected chi connectivity index (χ3v) is 5.98. The van der Waals surface area contributed by atoms with Crippen LogP contribution in [0.4, 0.5) is 11.4 Å². The van der Waals surface area contributed by atoms with Crippen molar-refractivity contribution >= 4 is 28.9 Å². The highest BCUT2D eigenvalue weighted by Crippen LogP contribution is 2.52. The Morgan fingerprint density at radius 1 is 1.32 bits per heavy atom. The number of hydrogen-bond donors (Lipinski definition) is 1. The van der Waals surface area contributed by atoms with Gasteiger partial charge in [-0.3, -0.25) is 10.1 Å². The topological polar surface area (TPSA) is 81.5 Å². The number of anilines is 1. The van der Waals surface area contributed by atoms with Crippen molar-refractivity contribution in [1.29, 1.82) is 0 Å². The summed E-state index contributed by atoms with van der Waals surface area (Å²) in [5.74, 6) is -0.193. The number of carbonyl (C=O) groups is 1. The Morgan fingerprint density at radius 2 is 2.11 bits per heavy atom. The largest absolute Gasteiger partial charge is 0.465 e. The molecule has 28 heavy (non-hydrogen) atoms. The standard InChI is InChI=1S/C21H19ClN2O4/c1-11-6-8-15(21(25)28-2)18-13-4-3-5-14(13)20(23-19(11)18)12-7-9-16(22)17(10-12)24(26)27/h3-4,6-10,13-14,20,23H,5H2,1-2H3/t13-,14-,20-/m1/s1. The number of halogens is 1. The maximum absolute atomic E-state index is 12.3. The molecule has 0 saturated carbocycles. The Labute approximate surface area is 167 Å². The quantitative estimate of drug-likeness (QED) is 0.334. The summed E-state index contributed by atoms with van der Waals surface area (Å²) in [4.78, 5) is 23.2. The van der Waals surface area contributed by atoms with E-state index in [1.807, 2.05) is 19.1 Å². The lowest BCUT2D eigenvalue weighted by molar-refractivity contribution is -0.384. The van der Waals surface area contributed by atoms with Crippen molar-refractivity contribution in [1.82, 2.24) is 0 Å². The normalized spacial score (nSPS) is 22.2. The van der Waals surface area contributed by atoms with E-state index in [0.29, 0.717) is 5.56 Å². The van der Waals surface area contributed by atoms with E-state index in [0.717, 1.165) is 28.8 Å². The Kier molecular flexibility index (Phi) is 4.59. The van der Waals surface area contributed by atoms with Gasteiger partial charge in [0.1, 0.15) is 5.02 Å². The highest BCUT2D eigenvalue weighted by atomic mass is 35.5. The molecule has 1 aliphatic heterocycles. The van der Waals surface area contributed by atoms with Gasteiger partial charge < -0.3 is 10.1 Å². The predicted molar refractivity (Wildman–Crippen MR) is 107 cm³/mol. The maximum atomic E-state index is 12.3. The third kappa shape index (κ3) is 2.85. The van der Waals surface area contributed by atoms with Gasteiger partial charge in [0.25, 0.3) is 5.69 Å². The minimum absolute atomic E-state index is 0.0324. The van der Waals surface area contributed by atoms with Gasteiger partial charge in [0.05, 0.1) is 23.6 Å². The number of rotatable bonds is 3. The molecule has 0 radical (unpaired) electrons. The molecule has 0 bridgehead atoms. The number of fused-ring (bicyclic) bond motifs is 3. The van der Waals surface area contributed by atoms with E-state index in [4.69, 9.17) is 16.3 Å². The minimum Gasteiger partial charge on any atom is -0.465 e. The van der Waals surface area contributed by atoms with Crippen LogP contribution in [0, 0.1) is 23.0 Å². The second kappa shape index (κ2) is 6.95. The summed E-state index contributed by atoms with van der Waals surface area (Å²) in [6, 6.07) is 8.50. The molecule has 4 rings (SSSR count). The number of carbonyl (C=O) groups excluding carboxylic acids is 1. The summed E-state index contributed by atoms with van der Waals surface area (Å²) in [6.07, 6.45) is 5.03. The van der Waals surface area contributed by atoms with Crippen LogP contribution in [0.1, 0.15) is 45.4 Å². The van der Waals surface area contributed by atoms with Crippen molar-refractivity contribution in [3.8, 4) is 0 Å². The number of ether oxygens (including phenoxy) is 1. The molecule has 1 heterocycles. The van der Waals surface area contributed by atoms with Crippen LogP contribution in [0.3, 0.4) is 0 Å². The molecule has 7 heteroatoms. The van der Waals surface area contributed by atoms with Gasteiger partial charge in [-0.05, 0) is 48.1 Å². The van der Waals surface area contributed by atoms with E-state index in [-0.39, 0.29) is 34.6 Å². The lowest BCUT2D eigenvalue weighted by atomic mass is 9.74. The average Bonchev–Trinajstić information content (AvgIpc) is 3.17. The van der Waals surface area contributed by atoms with Gasteiger partial charge in [0, 0.05) is 17.7 Å². The van der Waals surface area contributed by atoms with Crippen molar-refractivity contribution in [2.24, 2.45) is 5.92 Å². The predicted octanol–water partition coefficient (Wildman–Crippen LogP) is 5.17. The number of nitrogens with one attached hydrogen (secondary N) is 1. The van der Waals surface area contributed by atoms with Gasteiger partial charge in [0.2, 0.25) is 0 Å². The maximum Gasteiger partial charge on any atom is 0.338 e. The SMILES string of the molecule is COC(=O)c1ccc(C)c2c1[C@@H]1C=CC[C@H]1[C@@H](c1ccc(Cl)c([N+](=O)[O-])c1)N2. The molecule has 1 aliphatic carbocycles. The lowest BCUT2D eigenvalue weighted by Crippen LogP contribution is -2.31. The number of esters is 1. The summed E-state index contributed by atoms with van der Waals surface area (Å²) in [6.45, 7) is 1.98. The molecule has 3 atom stereocenters. The molecule has 2 aromatic rings. The summed E-state index contributed by atoms with van der Waals surface area (Å²) >= 11 is 5.99. The van der Waals surface area contributed by atoms with Gasteiger partial charge in [-0.2, -0.15) is 0 Å². The second-order valence-corrected chi connectivity index (χ2v) is 7.56. The number of methoxy groups -OCH3 is 1. The summed E-state index contributed by atoms with van der Waals surface area (Å²) in [5, 5.41) is 15.0. The molecule has 0 saturated heterocycles. The number of nitrogens with zero attached hydrogens (tertiary/aromatic N) is 1. The molecule has 1 N–H and O–H groups in total. The summed E-state index contributed by atoms with van der Waals surface area (Å²) in [5.41, 5.74) is 4.09. The first-order valence-electron chi connectivity index (χ1n) is 9.01. The molecule has 0 fully saturated rings. The first kappa shape index (κ1) is 18.5. The van der Waals surface area contributed by atoms with Crippen molar-refractivity contribution in [3.63, 3.8) is 0 Å². The zero-order chi connectivity index (χ0) is 20.0. The Morgan fingerprint density at radius 3 is 2.82 bits per heavy atom. The molecule has 0 aromatic heterocycles. The molecule has 2 aliphatic rings. The number of hydrogen-bond acceptors (Lipinski definition) is 5. The molecule has 0 spiro atoms. The number of nitro benzene ring substituents is 1. The van der Waals surface area contributed by atoms with Crippen molar-refractivity contribution in [2.75, 3.05) is 12.4 Å². The summed E-state index contributed by atoms with van der Waals surface area (Å²) in [7, 11) is 1.38. The van der Waals surface area contributed by atoms with E-state index in [1.54, 1.807) is 18.2 Å². The fourth-order valence-corrected chi connectivity index (χ4v) is 4.52. The monoisotopic (exact) mass is 398 g/mol. The van der Waals surface area contributed by atoms with Gasteiger partial charge in [-0.25, -0.2) is 4.79 Å². The van der Waals surface area contributed by atoms with Gasteiger partial charge >= 0.3 is 5.97 Å². The molecular weight excluding hydrogens is 380 g/mol. The fourth-order valence-electron chi connectivity index (χ4n) is 4.34. The van der Waals surface area contributed by atoms with Crippen LogP contribution in [0.2, 0.25) is 5.02 Å². The highest BCUT2D eigenvalue weighted by Gasteiger charge is 2.41. The van der Waals surface area contributed by atoms with Crippen LogP contribution >= 0.6 is 11.6 Å². The number of allylic oxidation sites excluding steroid dienone is 2. The van der Waals surface area contributed by atoms with Gasteiger partial charge in [-0.15, -0.1) is 0 Å². The van der Waals surface area contributed by atoms with Gasteiger partial charge in [0.15, 0.2) is 0 Å². The highest BCUT2D eigenvalue weighted by molar-refractivity contribution is 6.32. The number of benzene rings is 2. The lowest BCUT2D eigenvalue weighted by Gasteiger charge is -2.39. The van der Waals surface area contributed by atoms with E-state index in [9.17, 15) is 14.9 Å². The number of aryl methyl sites for hydroxylation is 1. The molecule has 0 amide bonds. The smallest absolute Gasteiger partial charge is 0.338 e. The zero-order valence-corrected chi connectivity index (χ0v) is 16.2. The minimum atomic E-state index is -0.465. The van der Waals surface area contributed by atoms with Crippen LogP contribution < -0.4 is 5.32 Å².